The fraction of sp³-hybridized carbons (Fsp3) is 0.562. The largest absolute Gasteiger partial charge is 0.468 e. The first-order chi connectivity index (χ1) is 10.5. The third-order valence-corrected chi connectivity index (χ3v) is 3.26. The number of methoxy groups -OCH3 is 1. The number of hydrogen-bond donors (Lipinski definition) is 0. The highest BCUT2D eigenvalue weighted by Gasteiger charge is 2.21. The molecule has 1 aromatic rings. The van der Waals surface area contributed by atoms with Crippen molar-refractivity contribution in [2.75, 3.05) is 20.4 Å². The first-order valence-corrected chi connectivity index (χ1v) is 7.73. The highest BCUT2D eigenvalue weighted by molar-refractivity contribution is 6.19. The standard InChI is InChI=1S/C16H24ClNO4/c1-5-18(16(19)22-13(3)17)12(2)10-14-6-8-15(9-7-14)21-11-20-4/h6-9,12-13H,5,10-11H2,1-4H3. The molecule has 0 aliphatic heterocycles. The maximum absolute atomic E-state index is 12.0. The number of carbonyl (C=O) groups is 1. The Hall–Kier alpha value is -1.46. The minimum Gasteiger partial charge on any atom is -0.468 e. The summed E-state index contributed by atoms with van der Waals surface area (Å²) in [6.07, 6.45) is 0.335. The van der Waals surface area contributed by atoms with Gasteiger partial charge in [0.15, 0.2) is 12.4 Å². The Morgan fingerprint density at radius 3 is 2.41 bits per heavy atom. The molecule has 0 radical (unpaired) electrons. The van der Waals surface area contributed by atoms with Crippen LogP contribution in [0.4, 0.5) is 4.79 Å². The smallest absolute Gasteiger partial charge is 0.411 e. The molecule has 124 valence electrons. The molecule has 1 rings (SSSR count). The van der Waals surface area contributed by atoms with Gasteiger partial charge in [0.1, 0.15) is 5.75 Å². The average molecular weight is 330 g/mol. The second-order valence-electron chi connectivity index (χ2n) is 4.96. The molecule has 0 N–H and O–H groups in total. The molecule has 0 saturated carbocycles. The quantitative estimate of drug-likeness (QED) is 0.539. The van der Waals surface area contributed by atoms with E-state index in [9.17, 15) is 4.79 Å². The number of nitrogens with zero attached hydrogens (tertiary/aromatic N) is 1. The summed E-state index contributed by atoms with van der Waals surface area (Å²) in [5.41, 5.74) is 0.480. The third-order valence-electron chi connectivity index (χ3n) is 3.17. The van der Waals surface area contributed by atoms with Gasteiger partial charge in [0, 0.05) is 19.7 Å². The second-order valence-corrected chi connectivity index (χ2v) is 5.58. The van der Waals surface area contributed by atoms with Crippen molar-refractivity contribution < 1.29 is 19.0 Å². The van der Waals surface area contributed by atoms with E-state index in [1.165, 1.54) is 0 Å². The van der Waals surface area contributed by atoms with E-state index in [-0.39, 0.29) is 12.8 Å². The van der Waals surface area contributed by atoms with Crippen LogP contribution in [-0.2, 0) is 15.9 Å². The molecule has 0 aliphatic carbocycles. The molecular formula is C16H24ClNO4. The van der Waals surface area contributed by atoms with Crippen molar-refractivity contribution in [3.63, 3.8) is 0 Å². The third kappa shape index (κ3) is 6.12. The molecule has 0 saturated heterocycles. The number of rotatable bonds is 8. The Kier molecular flexibility index (Phi) is 8.06. The SMILES string of the molecule is CCN(C(=O)OC(C)Cl)C(C)Cc1ccc(OCOC)cc1. The monoisotopic (exact) mass is 329 g/mol. The van der Waals surface area contributed by atoms with E-state index >= 15 is 0 Å². The van der Waals surface area contributed by atoms with Gasteiger partial charge >= 0.3 is 6.09 Å². The van der Waals surface area contributed by atoms with E-state index in [1.807, 2.05) is 38.1 Å². The highest BCUT2D eigenvalue weighted by Crippen LogP contribution is 2.16. The summed E-state index contributed by atoms with van der Waals surface area (Å²) >= 11 is 5.70. The van der Waals surface area contributed by atoms with Gasteiger partial charge in [-0.3, -0.25) is 0 Å². The Morgan fingerprint density at radius 1 is 1.27 bits per heavy atom. The van der Waals surface area contributed by atoms with Gasteiger partial charge in [0.25, 0.3) is 0 Å². The summed E-state index contributed by atoms with van der Waals surface area (Å²) in [6.45, 7) is 6.31. The van der Waals surface area contributed by atoms with Gasteiger partial charge in [0.05, 0.1) is 0 Å². The van der Waals surface area contributed by atoms with Crippen LogP contribution in [-0.4, -0.2) is 43.0 Å². The number of benzene rings is 1. The van der Waals surface area contributed by atoms with E-state index in [2.05, 4.69) is 0 Å². The van der Waals surface area contributed by atoms with Crippen molar-refractivity contribution >= 4 is 17.7 Å². The summed E-state index contributed by atoms with van der Waals surface area (Å²) in [4.78, 5) is 13.6. The summed E-state index contributed by atoms with van der Waals surface area (Å²) < 4.78 is 15.2. The number of alkyl halides is 1. The number of carbonyl (C=O) groups excluding carboxylic acids is 1. The Morgan fingerprint density at radius 2 is 1.91 bits per heavy atom. The van der Waals surface area contributed by atoms with Gasteiger partial charge in [0.2, 0.25) is 0 Å². The Balaban J connectivity index is 2.61. The van der Waals surface area contributed by atoms with Crippen molar-refractivity contribution in [2.45, 2.75) is 38.8 Å². The molecule has 2 atom stereocenters. The van der Waals surface area contributed by atoms with Gasteiger partial charge < -0.3 is 19.1 Å². The summed E-state index contributed by atoms with van der Waals surface area (Å²) in [7, 11) is 1.58. The lowest BCUT2D eigenvalue weighted by Crippen LogP contribution is -2.40. The number of ether oxygens (including phenoxy) is 3. The van der Waals surface area contributed by atoms with E-state index < -0.39 is 11.7 Å². The lowest BCUT2D eigenvalue weighted by atomic mass is 10.1. The van der Waals surface area contributed by atoms with Crippen molar-refractivity contribution in [3.8, 4) is 5.75 Å². The first-order valence-electron chi connectivity index (χ1n) is 7.29. The lowest BCUT2D eigenvalue weighted by Gasteiger charge is -2.27. The minimum absolute atomic E-state index is 0.0126. The van der Waals surface area contributed by atoms with Gasteiger partial charge in [-0.2, -0.15) is 0 Å². The van der Waals surface area contributed by atoms with Crippen LogP contribution in [0.25, 0.3) is 0 Å². The van der Waals surface area contributed by atoms with Crippen LogP contribution >= 0.6 is 11.6 Å². The van der Waals surface area contributed by atoms with Crippen LogP contribution in [0.5, 0.6) is 5.75 Å². The number of likely N-dealkylation sites (N-methyl/N-ethyl adjacent to an activating group) is 1. The maximum Gasteiger partial charge on any atom is 0.411 e. The van der Waals surface area contributed by atoms with Crippen LogP contribution < -0.4 is 4.74 Å². The van der Waals surface area contributed by atoms with Crippen molar-refractivity contribution in [2.24, 2.45) is 0 Å². The van der Waals surface area contributed by atoms with Gasteiger partial charge in [-0.15, -0.1) is 0 Å². The molecule has 1 aromatic carbocycles. The van der Waals surface area contributed by atoms with Crippen molar-refractivity contribution in [1.82, 2.24) is 4.90 Å². The molecule has 5 nitrogen and oxygen atoms in total. The van der Waals surface area contributed by atoms with Gasteiger partial charge in [-0.25, -0.2) is 4.79 Å². The van der Waals surface area contributed by atoms with E-state index in [0.29, 0.717) is 6.54 Å². The van der Waals surface area contributed by atoms with Crippen LogP contribution in [0.2, 0.25) is 0 Å². The summed E-state index contributed by atoms with van der Waals surface area (Å²) in [5, 5.41) is 0. The van der Waals surface area contributed by atoms with Crippen LogP contribution in [0.3, 0.4) is 0 Å². The molecule has 0 spiro atoms. The zero-order valence-corrected chi connectivity index (χ0v) is 14.3. The van der Waals surface area contributed by atoms with Crippen LogP contribution in [0, 0.1) is 0 Å². The predicted octanol–water partition coefficient (Wildman–Crippen LogP) is 3.64. The number of hydrogen-bond acceptors (Lipinski definition) is 4. The Labute approximate surface area is 137 Å². The zero-order valence-electron chi connectivity index (χ0n) is 13.5. The van der Waals surface area contributed by atoms with E-state index in [1.54, 1.807) is 18.9 Å². The summed E-state index contributed by atoms with van der Waals surface area (Å²) in [6, 6.07) is 7.74. The van der Waals surface area contributed by atoms with E-state index in [4.69, 9.17) is 25.8 Å². The molecule has 6 heteroatoms. The maximum atomic E-state index is 12.0. The lowest BCUT2D eigenvalue weighted by molar-refractivity contribution is 0.0511. The average Bonchev–Trinajstić information content (AvgIpc) is 2.46. The van der Waals surface area contributed by atoms with Gasteiger partial charge in [-0.1, -0.05) is 23.7 Å². The van der Waals surface area contributed by atoms with Gasteiger partial charge in [-0.05, 0) is 44.9 Å². The fourth-order valence-electron chi connectivity index (χ4n) is 2.13. The van der Waals surface area contributed by atoms with Crippen molar-refractivity contribution in [3.05, 3.63) is 29.8 Å². The molecule has 0 heterocycles. The van der Waals surface area contributed by atoms with Crippen molar-refractivity contribution in [1.29, 1.82) is 0 Å². The topological polar surface area (TPSA) is 48.0 Å². The minimum atomic E-state index is -0.633. The predicted molar refractivity (Wildman–Crippen MR) is 86.3 cm³/mol. The molecule has 1 amide bonds. The van der Waals surface area contributed by atoms with Crippen LogP contribution in [0.1, 0.15) is 26.3 Å². The molecule has 0 bridgehead atoms. The zero-order chi connectivity index (χ0) is 16.5. The molecule has 0 aromatic heterocycles. The second kappa shape index (κ2) is 9.54. The normalized spacial score (nSPS) is 13.3. The van der Waals surface area contributed by atoms with Crippen LogP contribution in [0.15, 0.2) is 24.3 Å². The first kappa shape index (κ1) is 18.6. The number of halogens is 1. The number of amides is 1. The molecule has 0 aliphatic rings. The Bertz CT molecular complexity index is 450. The molecular weight excluding hydrogens is 306 g/mol. The molecule has 2 unspecified atom stereocenters. The molecule has 22 heavy (non-hydrogen) atoms. The molecule has 0 fully saturated rings. The summed E-state index contributed by atoms with van der Waals surface area (Å²) in [5.74, 6) is 0.751. The fourth-order valence-corrected chi connectivity index (χ4v) is 2.20. The van der Waals surface area contributed by atoms with E-state index in [0.717, 1.165) is 17.7 Å². The highest BCUT2D eigenvalue weighted by atomic mass is 35.5.